The molecule has 0 saturated carbocycles. The van der Waals surface area contributed by atoms with Gasteiger partial charge in [-0.25, -0.2) is 18.6 Å². The van der Waals surface area contributed by atoms with Gasteiger partial charge in [-0.1, -0.05) is 12.1 Å². The van der Waals surface area contributed by atoms with E-state index in [9.17, 15) is 37.9 Å². The van der Waals surface area contributed by atoms with Crippen molar-refractivity contribution in [2.24, 2.45) is 0 Å². The average Bonchev–Trinajstić information content (AvgIpc) is 3.01. The van der Waals surface area contributed by atoms with Gasteiger partial charge in [0, 0.05) is 70.0 Å². The summed E-state index contributed by atoms with van der Waals surface area (Å²) in [5.41, 5.74) is 0.229. The maximum Gasteiger partial charge on any atom is 0.409 e. The molecule has 2 fully saturated rings. The Labute approximate surface area is 252 Å². The number of halogens is 2. The van der Waals surface area contributed by atoms with Gasteiger partial charge in [-0.3, -0.25) is 19.2 Å². The van der Waals surface area contributed by atoms with Crippen LogP contribution in [-0.2, 0) is 19.1 Å². The summed E-state index contributed by atoms with van der Waals surface area (Å²) in [6.45, 7) is 2.05. The first-order valence-electron chi connectivity index (χ1n) is 14.4. The number of hydrogen-bond donors (Lipinski definition) is 2. The lowest BCUT2D eigenvalue weighted by atomic mass is 10.1. The number of aliphatic carboxylic acids is 1. The maximum atomic E-state index is 13.5. The maximum absolute atomic E-state index is 13.5. The molecule has 2 aliphatic heterocycles. The molecule has 2 saturated heterocycles. The van der Waals surface area contributed by atoms with Crippen molar-refractivity contribution in [3.05, 3.63) is 36.0 Å². The van der Waals surface area contributed by atoms with Crippen molar-refractivity contribution in [3.63, 3.8) is 0 Å². The van der Waals surface area contributed by atoms with Crippen LogP contribution in [-0.4, -0.2) is 119 Å². The topological polar surface area (TPSA) is 159 Å². The van der Waals surface area contributed by atoms with Crippen molar-refractivity contribution < 1.29 is 47.3 Å². The number of amides is 4. The number of likely N-dealkylation sites (tertiary alicyclic amines) is 1. The third kappa shape index (κ3) is 8.29. The Morgan fingerprint density at radius 1 is 1.00 bits per heavy atom. The van der Waals surface area contributed by atoms with Gasteiger partial charge in [0.1, 0.15) is 17.5 Å². The summed E-state index contributed by atoms with van der Waals surface area (Å²) in [6, 6.07) is 6.84. The molecule has 1 aromatic heterocycles. The molecule has 2 aromatic rings. The molecule has 1 aromatic carbocycles. The number of rotatable bonds is 10. The van der Waals surface area contributed by atoms with E-state index in [1.807, 2.05) is 0 Å². The van der Waals surface area contributed by atoms with Crippen molar-refractivity contribution >= 4 is 40.7 Å². The Balaban J connectivity index is 1.47. The number of pyridine rings is 1. The number of alkyl halides is 2. The number of fused-ring (bicyclic) bond motifs is 1. The van der Waals surface area contributed by atoms with Gasteiger partial charge in [0.05, 0.1) is 12.1 Å². The highest BCUT2D eigenvalue weighted by molar-refractivity contribution is 5.99. The lowest BCUT2D eigenvalue weighted by molar-refractivity contribution is -0.140. The predicted octanol–water partition coefficient (Wildman–Crippen LogP) is 2.14. The summed E-state index contributed by atoms with van der Waals surface area (Å²) < 4.78 is 37.8. The fourth-order valence-electron chi connectivity index (χ4n) is 5.00. The van der Waals surface area contributed by atoms with Gasteiger partial charge in [0.25, 0.3) is 17.7 Å². The molecular weight excluding hydrogens is 584 g/mol. The van der Waals surface area contributed by atoms with Crippen LogP contribution in [0.5, 0.6) is 5.75 Å². The molecular formula is C29H35F2N5O8. The van der Waals surface area contributed by atoms with Gasteiger partial charge in [-0.2, -0.15) is 0 Å². The normalized spacial score (nSPS) is 17.1. The van der Waals surface area contributed by atoms with Crippen molar-refractivity contribution in [1.29, 1.82) is 0 Å². The summed E-state index contributed by atoms with van der Waals surface area (Å²) >= 11 is 0. The molecule has 0 radical (unpaired) electrons. The Morgan fingerprint density at radius 3 is 2.32 bits per heavy atom. The number of carbonyl (C=O) groups excluding carboxylic acids is 4. The van der Waals surface area contributed by atoms with Crippen molar-refractivity contribution in [2.75, 3.05) is 52.5 Å². The van der Waals surface area contributed by atoms with Crippen LogP contribution in [0.25, 0.3) is 10.9 Å². The van der Waals surface area contributed by atoms with Gasteiger partial charge in [-0.05, 0) is 25.5 Å². The standard InChI is InChI=1S/C29H35F2N5O8/c1-2-43-28(42)36-15-13-35(14-16-36)27(41)21(7-8-25(38)39)33-26(40)22-17-23(19-5-3-4-6-20(19)32-22)44-18-24(37)34-11-9-29(30,31)10-12-34/h3-6,17,21H,2,7-16,18H2,1H3,(H,33,40)(H,38,39)/t21-/m0/s1. The van der Waals surface area contributed by atoms with E-state index in [0.29, 0.717) is 10.9 Å². The van der Waals surface area contributed by atoms with Crippen LogP contribution in [0.15, 0.2) is 30.3 Å². The first-order valence-corrected chi connectivity index (χ1v) is 14.4. The van der Waals surface area contributed by atoms with E-state index < -0.39 is 61.2 Å². The molecule has 15 heteroatoms. The van der Waals surface area contributed by atoms with E-state index in [-0.39, 0.29) is 70.2 Å². The van der Waals surface area contributed by atoms with Crippen LogP contribution in [0.2, 0.25) is 0 Å². The molecule has 44 heavy (non-hydrogen) atoms. The summed E-state index contributed by atoms with van der Waals surface area (Å²) in [5, 5.41) is 12.3. The van der Waals surface area contributed by atoms with E-state index in [4.69, 9.17) is 9.47 Å². The first-order chi connectivity index (χ1) is 21.0. The van der Waals surface area contributed by atoms with Crippen LogP contribution in [0, 0.1) is 0 Å². The second-order valence-corrected chi connectivity index (χ2v) is 10.5. The molecule has 4 rings (SSSR count). The minimum absolute atomic E-state index is 0.0937. The minimum atomic E-state index is -2.80. The zero-order valence-corrected chi connectivity index (χ0v) is 24.3. The van der Waals surface area contributed by atoms with Crippen molar-refractivity contribution in [2.45, 2.75) is 44.6 Å². The number of para-hydroxylation sites is 1. The second-order valence-electron chi connectivity index (χ2n) is 10.5. The number of benzene rings is 1. The Morgan fingerprint density at radius 2 is 1.66 bits per heavy atom. The second kappa shape index (κ2) is 14.3. The third-order valence-electron chi connectivity index (χ3n) is 7.48. The molecule has 2 aliphatic rings. The number of piperidine rings is 1. The molecule has 13 nitrogen and oxygen atoms in total. The fourth-order valence-corrected chi connectivity index (χ4v) is 5.00. The first kappa shape index (κ1) is 32.4. The third-order valence-corrected chi connectivity index (χ3v) is 7.48. The molecule has 238 valence electrons. The Kier molecular flexibility index (Phi) is 10.5. The predicted molar refractivity (Wildman–Crippen MR) is 151 cm³/mol. The van der Waals surface area contributed by atoms with Crippen LogP contribution < -0.4 is 10.1 Å². The van der Waals surface area contributed by atoms with Crippen molar-refractivity contribution in [3.8, 4) is 5.75 Å². The number of carboxylic acid groups (broad SMARTS) is 1. The summed E-state index contributed by atoms with van der Waals surface area (Å²) in [4.78, 5) is 71.3. The fraction of sp³-hybridized carbons (Fsp3) is 0.517. The Bertz CT molecular complexity index is 1390. The van der Waals surface area contributed by atoms with Gasteiger partial charge in [0.2, 0.25) is 5.91 Å². The van der Waals surface area contributed by atoms with E-state index in [2.05, 4.69) is 10.3 Å². The SMILES string of the molecule is CCOC(=O)N1CCN(C(=O)[C@H](CCC(=O)O)NC(=O)c2cc(OCC(=O)N3CCC(F)(F)CC3)c3ccccc3n2)CC1. The number of piperazine rings is 1. The average molecular weight is 620 g/mol. The highest BCUT2D eigenvalue weighted by Gasteiger charge is 2.36. The molecule has 3 heterocycles. The smallest absolute Gasteiger partial charge is 0.409 e. The summed E-state index contributed by atoms with van der Waals surface area (Å²) in [5.74, 6) is -5.54. The van der Waals surface area contributed by atoms with Crippen LogP contribution >= 0.6 is 0 Å². The monoisotopic (exact) mass is 619 g/mol. The van der Waals surface area contributed by atoms with Gasteiger partial charge in [0.15, 0.2) is 6.61 Å². The molecule has 0 bridgehead atoms. The van der Waals surface area contributed by atoms with E-state index in [0.717, 1.165) is 0 Å². The largest absolute Gasteiger partial charge is 0.483 e. The summed E-state index contributed by atoms with van der Waals surface area (Å²) in [6.07, 6.45) is -1.91. The molecule has 0 spiro atoms. The van der Waals surface area contributed by atoms with Crippen LogP contribution in [0.4, 0.5) is 13.6 Å². The van der Waals surface area contributed by atoms with Crippen LogP contribution in [0.1, 0.15) is 43.1 Å². The van der Waals surface area contributed by atoms with Gasteiger partial charge in [-0.15, -0.1) is 0 Å². The highest BCUT2D eigenvalue weighted by Crippen LogP contribution is 2.29. The van der Waals surface area contributed by atoms with Gasteiger partial charge < -0.3 is 34.6 Å². The number of nitrogens with zero attached hydrogens (tertiary/aromatic N) is 4. The zero-order chi connectivity index (χ0) is 31.9. The number of aromatic nitrogens is 1. The number of nitrogens with one attached hydrogen (secondary N) is 1. The molecule has 1 atom stereocenters. The van der Waals surface area contributed by atoms with E-state index in [1.165, 1.54) is 20.8 Å². The summed E-state index contributed by atoms with van der Waals surface area (Å²) in [7, 11) is 0. The lowest BCUT2D eigenvalue weighted by Crippen LogP contribution is -2.56. The van der Waals surface area contributed by atoms with E-state index in [1.54, 1.807) is 31.2 Å². The number of carboxylic acids is 1. The van der Waals surface area contributed by atoms with E-state index >= 15 is 0 Å². The quantitative estimate of drug-likeness (QED) is 0.406. The van der Waals surface area contributed by atoms with Gasteiger partial charge >= 0.3 is 12.1 Å². The molecule has 0 unspecified atom stereocenters. The number of ether oxygens (including phenoxy) is 2. The minimum Gasteiger partial charge on any atom is -0.483 e. The lowest BCUT2D eigenvalue weighted by Gasteiger charge is -2.35. The number of carbonyl (C=O) groups is 5. The number of hydrogen-bond acceptors (Lipinski definition) is 8. The molecule has 2 N–H and O–H groups in total. The van der Waals surface area contributed by atoms with Crippen LogP contribution in [0.3, 0.4) is 0 Å². The molecule has 4 amide bonds. The highest BCUT2D eigenvalue weighted by atomic mass is 19.3. The molecule has 0 aliphatic carbocycles. The Hall–Kier alpha value is -4.56. The zero-order valence-electron chi connectivity index (χ0n) is 24.3. The van der Waals surface area contributed by atoms with Crippen molar-refractivity contribution in [1.82, 2.24) is 25.0 Å².